The lowest BCUT2D eigenvalue weighted by atomic mass is 10.0. The molecule has 3 nitrogen and oxygen atoms in total. The highest BCUT2D eigenvalue weighted by molar-refractivity contribution is 6.89. The predicted octanol–water partition coefficient (Wildman–Crippen LogP) is 6.16. The summed E-state index contributed by atoms with van der Waals surface area (Å²) in [5.74, 6) is 0. The Labute approximate surface area is 144 Å². The van der Waals surface area contributed by atoms with Crippen LogP contribution in [0.2, 0.25) is 65.5 Å². The van der Waals surface area contributed by atoms with E-state index in [9.17, 15) is 0 Å². The molecule has 0 rings (SSSR count). The highest BCUT2D eigenvalue weighted by Crippen LogP contribution is 2.23. The first-order chi connectivity index (χ1) is 9.12. The lowest BCUT2D eigenvalue weighted by Gasteiger charge is -2.39. The second-order valence-electron chi connectivity index (χ2n) is 10.3. The third kappa shape index (κ3) is 23.0. The van der Waals surface area contributed by atoms with E-state index in [2.05, 4.69) is 93.2 Å². The summed E-state index contributed by atoms with van der Waals surface area (Å²) in [7, 11) is -7.18. The molecule has 0 saturated carbocycles. The van der Waals surface area contributed by atoms with Crippen molar-refractivity contribution in [2.24, 2.45) is 5.41 Å². The van der Waals surface area contributed by atoms with Crippen LogP contribution in [0.4, 0.5) is 0 Å². The van der Waals surface area contributed by atoms with Gasteiger partial charge in [-0.3, -0.25) is 0 Å². The van der Waals surface area contributed by atoms with Crippen LogP contribution in [0.15, 0.2) is 0 Å². The quantitative estimate of drug-likeness (QED) is 0.515. The van der Waals surface area contributed by atoms with E-state index < -0.39 is 33.8 Å². The van der Waals surface area contributed by atoms with Crippen molar-refractivity contribution in [3.63, 3.8) is 0 Å². The van der Waals surface area contributed by atoms with Gasteiger partial charge in [-0.1, -0.05) is 27.7 Å². The maximum Gasteiger partial charge on any atom is 0.312 e. The summed E-state index contributed by atoms with van der Waals surface area (Å²) in [6.45, 7) is 30.5. The maximum atomic E-state index is 6.28. The fourth-order valence-electron chi connectivity index (χ4n) is 2.11. The summed E-state index contributed by atoms with van der Waals surface area (Å²) in [6.07, 6.45) is 0. The standard InChI is InChI=1S/C10H30O3Si4.C5H12/c1-14(2,3)11-16(7,8)13-17(9,10)12-15(4,5)6;1-5(2,3)4/h1-10H3;1-4H3. The first-order valence-corrected chi connectivity index (χ1v) is 20.7. The van der Waals surface area contributed by atoms with E-state index in [1.165, 1.54) is 0 Å². The van der Waals surface area contributed by atoms with Gasteiger partial charge in [0.2, 0.25) is 0 Å². The van der Waals surface area contributed by atoms with E-state index in [1.54, 1.807) is 0 Å². The van der Waals surface area contributed by atoms with Crippen LogP contribution in [-0.2, 0) is 12.3 Å². The Morgan fingerprint density at radius 1 is 0.455 bits per heavy atom. The van der Waals surface area contributed by atoms with E-state index in [-0.39, 0.29) is 0 Å². The lowest BCUT2D eigenvalue weighted by Crippen LogP contribution is -2.55. The van der Waals surface area contributed by atoms with Gasteiger partial charge in [-0.15, -0.1) is 0 Å². The molecule has 0 bridgehead atoms. The molecule has 7 heteroatoms. The van der Waals surface area contributed by atoms with E-state index in [0.717, 1.165) is 0 Å². The Bertz CT molecular complexity index is 291. The van der Waals surface area contributed by atoms with Crippen LogP contribution < -0.4 is 0 Å². The Kier molecular flexibility index (Phi) is 9.34. The Balaban J connectivity index is 0. The fourth-order valence-corrected chi connectivity index (χ4v) is 19.7. The Morgan fingerprint density at radius 3 is 0.773 bits per heavy atom. The molecule has 0 fully saturated rings. The topological polar surface area (TPSA) is 27.7 Å². The van der Waals surface area contributed by atoms with Crippen molar-refractivity contribution in [3.05, 3.63) is 0 Å². The molecular formula is C15H42O3Si4. The van der Waals surface area contributed by atoms with Gasteiger partial charge < -0.3 is 12.3 Å². The van der Waals surface area contributed by atoms with Gasteiger partial charge in [0.15, 0.2) is 16.6 Å². The van der Waals surface area contributed by atoms with Crippen molar-refractivity contribution in [1.82, 2.24) is 0 Å². The molecule has 0 aliphatic carbocycles. The summed E-state index contributed by atoms with van der Waals surface area (Å²) in [4.78, 5) is 0. The van der Waals surface area contributed by atoms with Crippen molar-refractivity contribution in [2.75, 3.05) is 0 Å². The van der Waals surface area contributed by atoms with Crippen molar-refractivity contribution < 1.29 is 12.3 Å². The number of rotatable bonds is 6. The van der Waals surface area contributed by atoms with Crippen LogP contribution in [0.5, 0.6) is 0 Å². The molecular weight excluding hydrogens is 341 g/mol. The third-order valence-electron chi connectivity index (χ3n) is 1.60. The fraction of sp³-hybridized carbons (Fsp3) is 1.00. The molecule has 0 saturated heterocycles. The minimum atomic E-state index is -2.05. The molecule has 136 valence electrons. The lowest BCUT2D eigenvalue weighted by molar-refractivity contribution is 0.331. The Hall–Kier alpha value is 0.748. The van der Waals surface area contributed by atoms with Crippen LogP contribution >= 0.6 is 0 Å². The van der Waals surface area contributed by atoms with E-state index in [4.69, 9.17) is 12.3 Å². The van der Waals surface area contributed by atoms with Crippen molar-refractivity contribution in [3.8, 4) is 0 Å². The molecule has 0 amide bonds. The van der Waals surface area contributed by atoms with Crippen molar-refractivity contribution >= 4 is 33.8 Å². The van der Waals surface area contributed by atoms with Gasteiger partial charge >= 0.3 is 17.1 Å². The average Bonchev–Trinajstić information content (AvgIpc) is 1.82. The SMILES string of the molecule is CC(C)(C)C.C[Si](C)(C)O[Si](C)(C)O[Si](C)(C)O[Si](C)(C)C. The second-order valence-corrected chi connectivity index (χ2v) is 26.8. The monoisotopic (exact) mass is 382 g/mol. The third-order valence-corrected chi connectivity index (χ3v) is 14.4. The van der Waals surface area contributed by atoms with E-state index in [0.29, 0.717) is 5.41 Å². The van der Waals surface area contributed by atoms with Gasteiger partial charge in [0.25, 0.3) is 0 Å². The summed E-state index contributed by atoms with van der Waals surface area (Å²) >= 11 is 0. The summed E-state index contributed by atoms with van der Waals surface area (Å²) in [5.41, 5.74) is 0.500. The molecule has 0 unspecified atom stereocenters. The summed E-state index contributed by atoms with van der Waals surface area (Å²) in [5, 5.41) is 0. The van der Waals surface area contributed by atoms with Crippen molar-refractivity contribution in [2.45, 2.75) is 93.2 Å². The smallest absolute Gasteiger partial charge is 0.312 e. The molecule has 0 atom stereocenters. The zero-order valence-corrected chi connectivity index (χ0v) is 21.7. The normalized spacial score (nSPS) is 14.5. The Morgan fingerprint density at radius 2 is 0.636 bits per heavy atom. The zero-order chi connectivity index (χ0) is 18.6. The molecule has 0 aliphatic heterocycles. The summed E-state index contributed by atoms with van der Waals surface area (Å²) in [6, 6.07) is 0. The van der Waals surface area contributed by atoms with Gasteiger partial charge in [0, 0.05) is 0 Å². The molecule has 22 heavy (non-hydrogen) atoms. The molecule has 0 aliphatic rings. The van der Waals surface area contributed by atoms with Crippen LogP contribution in [0.3, 0.4) is 0 Å². The van der Waals surface area contributed by atoms with Gasteiger partial charge in [0.05, 0.1) is 0 Å². The van der Waals surface area contributed by atoms with Crippen LogP contribution in [0, 0.1) is 5.41 Å². The maximum absolute atomic E-state index is 6.28. The first-order valence-electron chi connectivity index (χ1n) is 8.22. The largest absolute Gasteiger partial charge is 0.437 e. The number of hydrogen-bond donors (Lipinski definition) is 0. The van der Waals surface area contributed by atoms with Crippen LogP contribution in [-0.4, -0.2) is 33.8 Å². The van der Waals surface area contributed by atoms with Gasteiger partial charge in [-0.2, -0.15) is 0 Å². The predicted molar refractivity (Wildman–Crippen MR) is 110 cm³/mol. The summed E-state index contributed by atoms with van der Waals surface area (Å²) < 4.78 is 18.7. The number of hydrogen-bond acceptors (Lipinski definition) is 3. The minimum absolute atomic E-state index is 0.500. The van der Waals surface area contributed by atoms with Crippen LogP contribution in [0.1, 0.15) is 27.7 Å². The molecule has 0 aromatic heterocycles. The minimum Gasteiger partial charge on any atom is -0.437 e. The molecule has 0 aromatic rings. The molecule has 0 N–H and O–H groups in total. The second kappa shape index (κ2) is 8.22. The van der Waals surface area contributed by atoms with E-state index >= 15 is 0 Å². The zero-order valence-electron chi connectivity index (χ0n) is 17.7. The van der Waals surface area contributed by atoms with Gasteiger partial charge in [-0.25, -0.2) is 0 Å². The van der Waals surface area contributed by atoms with Crippen molar-refractivity contribution in [1.29, 1.82) is 0 Å². The van der Waals surface area contributed by atoms with Gasteiger partial charge in [0.1, 0.15) is 0 Å². The molecule has 0 heterocycles. The molecule has 0 aromatic carbocycles. The first kappa shape index (κ1) is 25.0. The molecule has 0 radical (unpaired) electrons. The average molecular weight is 383 g/mol. The molecule has 0 spiro atoms. The van der Waals surface area contributed by atoms with Crippen LogP contribution in [0.25, 0.3) is 0 Å². The van der Waals surface area contributed by atoms with Gasteiger partial charge in [-0.05, 0) is 70.9 Å². The highest BCUT2D eigenvalue weighted by Gasteiger charge is 2.41. The highest BCUT2D eigenvalue weighted by atomic mass is 28.5. The van der Waals surface area contributed by atoms with E-state index in [1.807, 2.05) is 0 Å².